The molecule has 0 amide bonds. The Morgan fingerprint density at radius 1 is 1.60 bits per heavy atom. The van der Waals surface area contributed by atoms with Crippen molar-refractivity contribution in [2.75, 3.05) is 0 Å². The summed E-state index contributed by atoms with van der Waals surface area (Å²) in [5.41, 5.74) is 1.79. The van der Waals surface area contributed by atoms with Gasteiger partial charge in [0.05, 0.1) is 15.1 Å². The molecule has 0 saturated heterocycles. The highest BCUT2D eigenvalue weighted by Gasteiger charge is 2.01. The lowest BCUT2D eigenvalue weighted by Crippen LogP contribution is -1.62. The van der Waals surface area contributed by atoms with Crippen LogP contribution in [0.2, 0.25) is 0 Å². The van der Waals surface area contributed by atoms with E-state index in [-0.39, 0.29) is 0 Å². The van der Waals surface area contributed by atoms with Gasteiger partial charge in [-0.05, 0) is 6.07 Å². The number of nitrogens with zero attached hydrogens (tertiary/aromatic N) is 1. The molecule has 50 valence electrons. The van der Waals surface area contributed by atoms with Gasteiger partial charge in [-0.2, -0.15) is 0 Å². The van der Waals surface area contributed by atoms with Crippen molar-refractivity contribution in [1.29, 1.82) is 0 Å². The van der Waals surface area contributed by atoms with Crippen LogP contribution in [-0.4, -0.2) is 11.3 Å². The molecule has 2 aromatic rings. The van der Waals surface area contributed by atoms with Crippen LogP contribution in [0.5, 0.6) is 0 Å². The molecule has 0 aliphatic heterocycles. The SMILES string of the molecule is O=Cc1cc2scnc2s1. The molecule has 0 atom stereocenters. The van der Waals surface area contributed by atoms with Gasteiger partial charge in [-0.25, -0.2) is 4.98 Å². The highest BCUT2D eigenvalue weighted by molar-refractivity contribution is 7.27. The summed E-state index contributed by atoms with van der Waals surface area (Å²) in [6.45, 7) is 0. The molecule has 0 aliphatic rings. The number of hydrogen-bond acceptors (Lipinski definition) is 4. The van der Waals surface area contributed by atoms with E-state index in [0.29, 0.717) is 0 Å². The molecule has 4 heteroatoms. The van der Waals surface area contributed by atoms with Crippen molar-refractivity contribution in [3.63, 3.8) is 0 Å². The number of thiophene rings is 1. The van der Waals surface area contributed by atoms with Crippen LogP contribution >= 0.6 is 22.7 Å². The Hall–Kier alpha value is -0.740. The molecule has 10 heavy (non-hydrogen) atoms. The fraction of sp³-hybridized carbons (Fsp3) is 0. The monoisotopic (exact) mass is 169 g/mol. The molecule has 0 bridgehead atoms. The number of rotatable bonds is 1. The van der Waals surface area contributed by atoms with Crippen LogP contribution in [0.3, 0.4) is 0 Å². The van der Waals surface area contributed by atoms with Crippen molar-refractivity contribution in [2.45, 2.75) is 0 Å². The van der Waals surface area contributed by atoms with Gasteiger partial charge in [-0.1, -0.05) is 0 Å². The number of thiazole rings is 1. The summed E-state index contributed by atoms with van der Waals surface area (Å²) in [4.78, 5) is 16.1. The molecular weight excluding hydrogens is 166 g/mol. The van der Waals surface area contributed by atoms with Gasteiger partial charge in [0.2, 0.25) is 0 Å². The molecule has 0 fully saturated rings. The third-order valence-electron chi connectivity index (χ3n) is 1.16. The van der Waals surface area contributed by atoms with Gasteiger partial charge in [0.1, 0.15) is 4.83 Å². The van der Waals surface area contributed by atoms with Crippen molar-refractivity contribution in [3.05, 3.63) is 16.5 Å². The summed E-state index contributed by atoms with van der Waals surface area (Å²) in [6, 6.07) is 1.87. The zero-order valence-corrected chi connectivity index (χ0v) is 6.54. The lowest BCUT2D eigenvalue weighted by Gasteiger charge is -1.69. The maximum Gasteiger partial charge on any atom is 0.160 e. The van der Waals surface area contributed by atoms with Gasteiger partial charge >= 0.3 is 0 Å². The summed E-state index contributed by atoms with van der Waals surface area (Å²) in [7, 11) is 0. The molecule has 2 nitrogen and oxygen atoms in total. The van der Waals surface area contributed by atoms with Crippen LogP contribution in [0.1, 0.15) is 9.67 Å². The first-order valence-electron chi connectivity index (χ1n) is 2.68. The van der Waals surface area contributed by atoms with Crippen molar-refractivity contribution in [2.24, 2.45) is 0 Å². The topological polar surface area (TPSA) is 30.0 Å². The van der Waals surface area contributed by atoms with E-state index in [9.17, 15) is 4.79 Å². The van der Waals surface area contributed by atoms with Gasteiger partial charge in [-0.15, -0.1) is 22.7 Å². The van der Waals surface area contributed by atoms with E-state index in [4.69, 9.17) is 0 Å². The second kappa shape index (κ2) is 2.14. The van der Waals surface area contributed by atoms with Gasteiger partial charge in [0.15, 0.2) is 6.29 Å². The average Bonchev–Trinajstić information content (AvgIpc) is 2.42. The smallest absolute Gasteiger partial charge is 0.160 e. The van der Waals surface area contributed by atoms with Gasteiger partial charge in [0.25, 0.3) is 0 Å². The number of aromatic nitrogens is 1. The lowest BCUT2D eigenvalue weighted by molar-refractivity contribution is 0.112. The number of carbonyl (C=O) groups excluding carboxylic acids is 1. The molecule has 0 aromatic carbocycles. The highest BCUT2D eigenvalue weighted by atomic mass is 32.1. The van der Waals surface area contributed by atoms with Crippen molar-refractivity contribution >= 4 is 38.5 Å². The summed E-state index contributed by atoms with van der Waals surface area (Å²) in [5, 5.41) is 0. The summed E-state index contributed by atoms with van der Waals surface area (Å²) in [5.74, 6) is 0. The largest absolute Gasteiger partial charge is 0.297 e. The zero-order chi connectivity index (χ0) is 6.97. The molecular formula is C6H3NOS2. The normalized spacial score (nSPS) is 10.4. The van der Waals surface area contributed by atoms with Crippen LogP contribution in [0.4, 0.5) is 0 Å². The fourth-order valence-corrected chi connectivity index (χ4v) is 2.49. The van der Waals surface area contributed by atoms with Gasteiger partial charge in [-0.3, -0.25) is 4.79 Å². The van der Waals surface area contributed by atoms with Crippen molar-refractivity contribution < 1.29 is 4.79 Å². The molecule has 0 N–H and O–H groups in total. The van der Waals surface area contributed by atoms with Crippen LogP contribution in [0, 0.1) is 0 Å². The minimum absolute atomic E-state index is 0.759. The van der Waals surface area contributed by atoms with Crippen LogP contribution in [0.15, 0.2) is 11.6 Å². The predicted molar refractivity (Wildman–Crippen MR) is 42.9 cm³/mol. The van der Waals surface area contributed by atoms with E-state index in [1.54, 1.807) is 16.8 Å². The molecule has 2 rings (SSSR count). The third-order valence-corrected chi connectivity index (χ3v) is 3.04. The van der Waals surface area contributed by atoms with Crippen molar-refractivity contribution in [1.82, 2.24) is 4.98 Å². The second-order valence-electron chi connectivity index (χ2n) is 1.79. The van der Waals surface area contributed by atoms with E-state index in [1.165, 1.54) is 11.3 Å². The van der Waals surface area contributed by atoms with Gasteiger partial charge < -0.3 is 0 Å². The molecule has 2 aromatic heterocycles. The second-order valence-corrected chi connectivity index (χ2v) is 3.74. The number of carbonyl (C=O) groups is 1. The Labute approximate surface area is 65.1 Å². The van der Waals surface area contributed by atoms with Crippen LogP contribution in [-0.2, 0) is 0 Å². The number of aldehydes is 1. The third kappa shape index (κ3) is 0.767. The van der Waals surface area contributed by atoms with E-state index < -0.39 is 0 Å². The summed E-state index contributed by atoms with van der Waals surface area (Å²) >= 11 is 3.00. The lowest BCUT2D eigenvalue weighted by atomic mass is 10.5. The van der Waals surface area contributed by atoms with Crippen molar-refractivity contribution in [3.8, 4) is 0 Å². The standard InChI is InChI=1S/C6H3NOS2/c8-2-4-1-5-6(10-4)7-3-9-5/h1-3H. The molecule has 0 radical (unpaired) electrons. The minimum Gasteiger partial charge on any atom is -0.297 e. The Balaban J connectivity index is 2.78. The maximum atomic E-state index is 10.3. The molecule has 0 spiro atoms. The first-order chi connectivity index (χ1) is 4.90. The summed E-state index contributed by atoms with van der Waals surface area (Å²) < 4.78 is 1.10. The number of hydrogen-bond donors (Lipinski definition) is 0. The van der Waals surface area contributed by atoms with Gasteiger partial charge in [0, 0.05) is 0 Å². The first kappa shape index (κ1) is 6.00. The maximum absolute atomic E-state index is 10.3. The highest BCUT2D eigenvalue weighted by Crippen LogP contribution is 2.25. The van der Waals surface area contributed by atoms with Crippen LogP contribution < -0.4 is 0 Å². The van der Waals surface area contributed by atoms with E-state index in [2.05, 4.69) is 4.98 Å². The average molecular weight is 169 g/mol. The molecule has 0 aliphatic carbocycles. The molecule has 2 heterocycles. The van der Waals surface area contributed by atoms with E-state index in [1.807, 2.05) is 6.07 Å². The Morgan fingerprint density at radius 2 is 2.50 bits per heavy atom. The predicted octanol–water partition coefficient (Wildman–Crippen LogP) is 2.17. The molecule has 0 saturated carbocycles. The first-order valence-corrected chi connectivity index (χ1v) is 4.38. The Bertz CT molecular complexity index is 334. The van der Waals surface area contributed by atoms with E-state index >= 15 is 0 Å². The molecule has 0 unspecified atom stereocenters. The minimum atomic E-state index is 0.759. The summed E-state index contributed by atoms with van der Waals surface area (Å²) in [6.07, 6.45) is 0.860. The van der Waals surface area contributed by atoms with E-state index in [0.717, 1.165) is 20.7 Å². The Kier molecular flexibility index (Phi) is 1.28. The number of fused-ring (bicyclic) bond motifs is 1. The fourth-order valence-electron chi connectivity index (χ4n) is 0.746. The Morgan fingerprint density at radius 3 is 3.20 bits per heavy atom. The quantitative estimate of drug-likeness (QED) is 0.612. The zero-order valence-electron chi connectivity index (χ0n) is 4.90. The van der Waals surface area contributed by atoms with Crippen LogP contribution in [0.25, 0.3) is 9.53 Å².